The fraction of sp³-hybridized carbons (Fsp3) is 0.562. The van der Waals surface area contributed by atoms with Crippen LogP contribution in [0.25, 0.3) is 0 Å². The van der Waals surface area contributed by atoms with Gasteiger partial charge in [-0.2, -0.15) is 26.3 Å². The third kappa shape index (κ3) is 6.63. The first-order chi connectivity index (χ1) is 22.1. The number of amides is 4. The molecule has 0 bridgehead atoms. The van der Waals surface area contributed by atoms with E-state index in [1.54, 1.807) is 37.8 Å². The fourth-order valence-corrected chi connectivity index (χ4v) is 6.12. The SMILES string of the molecule is CCCc1cc(C(O)(C(F)(F)F)C(F)(F)F)ccc1N1C[C@@H](C)N(C(=O)CN2C(=O)NC(C)(c3ccc(OC(C)C)cn3)C2=O)C[C@@H]1C. The van der Waals surface area contributed by atoms with Gasteiger partial charge in [-0.1, -0.05) is 25.5 Å². The number of carbonyl (C=O) groups excluding carboxylic acids is 3. The lowest BCUT2D eigenvalue weighted by molar-refractivity contribution is -0.376. The molecule has 0 spiro atoms. The van der Waals surface area contributed by atoms with E-state index < -0.39 is 65.5 Å². The number of rotatable bonds is 9. The van der Waals surface area contributed by atoms with Crippen molar-refractivity contribution >= 4 is 23.5 Å². The van der Waals surface area contributed by atoms with Crippen LogP contribution in [0.3, 0.4) is 0 Å². The monoisotopic (exact) mass is 687 g/mol. The number of aliphatic hydroxyl groups is 1. The first-order valence-electron chi connectivity index (χ1n) is 15.5. The summed E-state index contributed by atoms with van der Waals surface area (Å²) in [6.07, 6.45) is -10.2. The Morgan fingerprint density at radius 3 is 2.25 bits per heavy atom. The van der Waals surface area contributed by atoms with Gasteiger partial charge in [0.25, 0.3) is 11.5 Å². The minimum atomic E-state index is -6.02. The molecule has 4 rings (SSSR count). The molecule has 10 nitrogen and oxygen atoms in total. The molecule has 3 heterocycles. The van der Waals surface area contributed by atoms with Gasteiger partial charge in [0.1, 0.15) is 12.3 Å². The maximum Gasteiger partial charge on any atom is 0.430 e. The number of nitrogens with one attached hydrogen (secondary N) is 1. The molecule has 2 fully saturated rings. The van der Waals surface area contributed by atoms with Crippen molar-refractivity contribution in [1.29, 1.82) is 0 Å². The molecule has 3 atom stereocenters. The molecule has 2 aliphatic heterocycles. The number of piperazine rings is 1. The minimum absolute atomic E-state index is 0.0855. The standard InChI is InChI=1S/C32H39F6N5O5/c1-7-8-21-13-22(30(47,31(33,34)35)32(36,37)38)9-11-24(21)41-15-20(5)42(16-19(41)4)26(44)17-43-27(45)29(6,40-28(43)46)25-12-10-23(14-39-25)48-18(2)3/h9-14,18-20,47H,7-8,15-17H2,1-6H3,(H,40,46)/t19-,20+,29?/m0/s1. The first-order valence-corrected chi connectivity index (χ1v) is 15.5. The molecular weight excluding hydrogens is 648 g/mol. The summed E-state index contributed by atoms with van der Waals surface area (Å²) in [6, 6.07) is 3.91. The van der Waals surface area contributed by atoms with Crippen LogP contribution in [0.1, 0.15) is 64.8 Å². The highest BCUT2D eigenvalue weighted by Crippen LogP contribution is 2.50. The van der Waals surface area contributed by atoms with Gasteiger partial charge in [-0.05, 0) is 64.8 Å². The van der Waals surface area contributed by atoms with Crippen molar-refractivity contribution < 1.29 is 50.6 Å². The van der Waals surface area contributed by atoms with Crippen LogP contribution in [0, 0.1) is 0 Å². The molecule has 1 aromatic heterocycles. The maximum atomic E-state index is 13.6. The Balaban J connectivity index is 1.52. The Morgan fingerprint density at radius 1 is 1.06 bits per heavy atom. The zero-order valence-electron chi connectivity index (χ0n) is 27.4. The van der Waals surface area contributed by atoms with Crippen LogP contribution in [0.5, 0.6) is 5.75 Å². The maximum absolute atomic E-state index is 13.6. The van der Waals surface area contributed by atoms with Gasteiger partial charge in [-0.25, -0.2) is 4.79 Å². The minimum Gasteiger partial charge on any atom is -0.489 e. The van der Waals surface area contributed by atoms with Crippen LogP contribution in [-0.4, -0.2) is 87.9 Å². The lowest BCUT2D eigenvalue weighted by atomic mass is 9.89. The van der Waals surface area contributed by atoms with Gasteiger partial charge < -0.3 is 25.0 Å². The summed E-state index contributed by atoms with van der Waals surface area (Å²) >= 11 is 0. The van der Waals surface area contributed by atoms with Gasteiger partial charge in [-0.15, -0.1) is 0 Å². The largest absolute Gasteiger partial charge is 0.489 e. The molecule has 2 aromatic rings. The van der Waals surface area contributed by atoms with E-state index >= 15 is 0 Å². The van der Waals surface area contributed by atoms with Crippen LogP contribution < -0.4 is 15.0 Å². The van der Waals surface area contributed by atoms with Crippen LogP contribution in [0.4, 0.5) is 36.8 Å². The number of aryl methyl sites for hydroxylation is 1. The molecule has 1 aromatic carbocycles. The van der Waals surface area contributed by atoms with Gasteiger partial charge in [0.2, 0.25) is 5.91 Å². The summed E-state index contributed by atoms with van der Waals surface area (Å²) < 4.78 is 87.1. The van der Waals surface area contributed by atoms with Crippen molar-refractivity contribution in [1.82, 2.24) is 20.1 Å². The smallest absolute Gasteiger partial charge is 0.430 e. The van der Waals surface area contributed by atoms with Gasteiger partial charge in [0.05, 0.1) is 18.0 Å². The van der Waals surface area contributed by atoms with Crippen LogP contribution in [0.15, 0.2) is 36.5 Å². The van der Waals surface area contributed by atoms with Crippen molar-refractivity contribution in [2.24, 2.45) is 0 Å². The Morgan fingerprint density at radius 2 is 1.71 bits per heavy atom. The number of halogens is 6. The summed E-state index contributed by atoms with van der Waals surface area (Å²) in [5.74, 6) is -0.725. The van der Waals surface area contributed by atoms with Crippen molar-refractivity contribution in [3.63, 3.8) is 0 Å². The van der Waals surface area contributed by atoms with E-state index in [1.165, 1.54) is 18.0 Å². The number of urea groups is 1. The zero-order chi connectivity index (χ0) is 36.0. The molecule has 2 saturated heterocycles. The van der Waals surface area contributed by atoms with Gasteiger partial charge >= 0.3 is 18.4 Å². The number of ether oxygens (including phenoxy) is 1. The molecule has 1 unspecified atom stereocenters. The fourth-order valence-electron chi connectivity index (χ4n) is 6.12. The number of carbonyl (C=O) groups is 3. The van der Waals surface area contributed by atoms with Crippen molar-refractivity contribution in [2.75, 3.05) is 24.5 Å². The predicted molar refractivity (Wildman–Crippen MR) is 162 cm³/mol. The zero-order valence-corrected chi connectivity index (χ0v) is 27.4. The van der Waals surface area contributed by atoms with Crippen LogP contribution in [-0.2, 0) is 27.1 Å². The number of pyridine rings is 1. The molecule has 0 radical (unpaired) electrons. The second-order valence-electron chi connectivity index (χ2n) is 12.7. The topological polar surface area (TPSA) is 115 Å². The normalized spacial score (nSPS) is 22.4. The highest BCUT2D eigenvalue weighted by Gasteiger charge is 2.71. The average Bonchev–Trinajstić information content (AvgIpc) is 3.20. The second-order valence-corrected chi connectivity index (χ2v) is 12.7. The Labute approximate surface area is 274 Å². The van der Waals surface area contributed by atoms with E-state index in [4.69, 9.17) is 4.74 Å². The molecule has 2 N–H and O–H groups in total. The van der Waals surface area contributed by atoms with Gasteiger partial charge in [0, 0.05) is 36.4 Å². The molecule has 4 amide bonds. The van der Waals surface area contributed by atoms with Crippen LogP contribution >= 0.6 is 0 Å². The third-order valence-electron chi connectivity index (χ3n) is 8.64. The quantitative estimate of drug-likeness (QED) is 0.281. The summed E-state index contributed by atoms with van der Waals surface area (Å²) in [6.45, 7) is 10.0. The predicted octanol–water partition coefficient (Wildman–Crippen LogP) is 5.03. The molecule has 48 heavy (non-hydrogen) atoms. The number of aromatic nitrogens is 1. The lowest BCUT2D eigenvalue weighted by Crippen LogP contribution is -2.60. The summed E-state index contributed by atoms with van der Waals surface area (Å²) in [5.41, 5.74) is -7.11. The second kappa shape index (κ2) is 13.1. The van der Waals surface area contributed by atoms with Crippen molar-refractivity contribution in [3.8, 4) is 5.75 Å². The number of hydrogen-bond donors (Lipinski definition) is 2. The molecule has 264 valence electrons. The molecule has 2 aliphatic rings. The number of alkyl halides is 6. The van der Waals surface area contributed by atoms with Crippen molar-refractivity contribution in [3.05, 3.63) is 53.3 Å². The van der Waals surface area contributed by atoms with Crippen molar-refractivity contribution in [2.45, 2.75) is 96.1 Å². The van der Waals surface area contributed by atoms with E-state index in [2.05, 4.69) is 10.3 Å². The third-order valence-corrected chi connectivity index (χ3v) is 8.64. The Bertz CT molecular complexity index is 1520. The Kier molecular flexibility index (Phi) is 10.0. The first kappa shape index (κ1) is 36.8. The van der Waals surface area contributed by atoms with Gasteiger partial charge in [-0.3, -0.25) is 19.5 Å². The highest BCUT2D eigenvalue weighted by molar-refractivity contribution is 6.09. The molecular formula is C32H39F6N5O5. The summed E-state index contributed by atoms with van der Waals surface area (Å²) in [4.78, 5) is 48.2. The number of hydrogen-bond acceptors (Lipinski definition) is 7. The summed E-state index contributed by atoms with van der Waals surface area (Å²) in [5, 5.41) is 12.6. The Hall–Kier alpha value is -4.08. The van der Waals surface area contributed by atoms with E-state index in [0.29, 0.717) is 23.9 Å². The number of anilines is 1. The molecule has 0 saturated carbocycles. The molecule has 16 heteroatoms. The highest BCUT2D eigenvalue weighted by atomic mass is 19.4. The molecule has 0 aliphatic carbocycles. The number of nitrogens with zero attached hydrogens (tertiary/aromatic N) is 4. The van der Waals surface area contributed by atoms with E-state index in [-0.39, 0.29) is 36.9 Å². The average molecular weight is 688 g/mol. The van der Waals surface area contributed by atoms with E-state index in [0.717, 1.165) is 17.0 Å². The van der Waals surface area contributed by atoms with E-state index in [1.807, 2.05) is 13.8 Å². The van der Waals surface area contributed by atoms with Gasteiger partial charge in [0.15, 0.2) is 5.54 Å². The number of imide groups is 1. The van der Waals surface area contributed by atoms with E-state index in [9.17, 15) is 45.8 Å². The number of benzene rings is 1. The summed E-state index contributed by atoms with van der Waals surface area (Å²) in [7, 11) is 0. The van der Waals surface area contributed by atoms with Crippen LogP contribution in [0.2, 0.25) is 0 Å². The lowest BCUT2D eigenvalue weighted by Gasteiger charge is -2.46.